The highest BCUT2D eigenvalue weighted by molar-refractivity contribution is 7.21. The molecule has 0 fully saturated rings. The van der Waals surface area contributed by atoms with E-state index in [1.807, 2.05) is 24.3 Å². The molecule has 0 amide bonds. The van der Waals surface area contributed by atoms with Gasteiger partial charge in [0.05, 0.1) is 20.8 Å². The average molecular weight is 358 g/mol. The van der Waals surface area contributed by atoms with E-state index in [1.54, 1.807) is 17.4 Å². The highest BCUT2D eigenvalue weighted by Gasteiger charge is 2.27. The Morgan fingerprint density at radius 1 is 1.00 bits per heavy atom. The van der Waals surface area contributed by atoms with Gasteiger partial charge in [0, 0.05) is 35.6 Å². The van der Waals surface area contributed by atoms with E-state index in [4.69, 9.17) is 4.98 Å². The lowest BCUT2D eigenvalue weighted by atomic mass is 9.91. The van der Waals surface area contributed by atoms with E-state index in [9.17, 15) is 4.79 Å². The number of nitrogens with zero attached hydrogens (tertiary/aromatic N) is 2. The predicted molar refractivity (Wildman–Crippen MR) is 109 cm³/mol. The van der Waals surface area contributed by atoms with Crippen LogP contribution in [-0.2, 0) is 12.8 Å². The molecule has 6 rings (SSSR count). The molecule has 0 radical (unpaired) electrons. The molecule has 26 heavy (non-hydrogen) atoms. The van der Waals surface area contributed by atoms with Crippen molar-refractivity contribution in [2.75, 3.05) is 18.0 Å². The largest absolute Gasteiger partial charge is 0.371 e. The molecule has 0 saturated heterocycles. The van der Waals surface area contributed by atoms with Gasteiger partial charge in [0.15, 0.2) is 5.43 Å². The van der Waals surface area contributed by atoms with E-state index in [0.29, 0.717) is 0 Å². The second-order valence-corrected chi connectivity index (χ2v) is 8.44. The summed E-state index contributed by atoms with van der Waals surface area (Å²) in [5.41, 5.74) is 6.55. The van der Waals surface area contributed by atoms with Gasteiger partial charge in [0.1, 0.15) is 0 Å². The van der Waals surface area contributed by atoms with Crippen LogP contribution in [-0.4, -0.2) is 18.1 Å². The topological polar surface area (TPSA) is 33.2 Å². The summed E-state index contributed by atoms with van der Waals surface area (Å²) in [5, 5.41) is 1.74. The van der Waals surface area contributed by atoms with Crippen molar-refractivity contribution in [3.63, 3.8) is 0 Å². The lowest BCUT2D eigenvalue weighted by Gasteiger charge is -2.37. The zero-order chi connectivity index (χ0) is 17.3. The number of hydrogen-bond acceptors (Lipinski definition) is 4. The molecule has 4 aliphatic rings. The van der Waals surface area contributed by atoms with Crippen molar-refractivity contribution in [1.82, 2.24) is 4.98 Å². The zero-order valence-electron chi connectivity index (χ0n) is 14.4. The highest BCUT2D eigenvalue weighted by Crippen LogP contribution is 2.43. The van der Waals surface area contributed by atoms with Crippen molar-refractivity contribution in [2.45, 2.75) is 25.7 Å². The van der Waals surface area contributed by atoms with Crippen LogP contribution in [0.15, 0.2) is 41.2 Å². The Balaban J connectivity index is 1.77. The van der Waals surface area contributed by atoms with E-state index in [1.165, 1.54) is 47.4 Å². The van der Waals surface area contributed by atoms with E-state index in [2.05, 4.69) is 11.0 Å². The maximum atomic E-state index is 12.5. The van der Waals surface area contributed by atoms with Crippen LogP contribution in [0, 0.1) is 0 Å². The van der Waals surface area contributed by atoms with E-state index in [-0.39, 0.29) is 5.43 Å². The van der Waals surface area contributed by atoms with Gasteiger partial charge in [-0.1, -0.05) is 24.3 Å². The first-order chi connectivity index (χ1) is 12.8. The average Bonchev–Trinajstić information content (AvgIpc) is 2.68. The molecular formula is C22H18N2OS. The Kier molecular flexibility index (Phi) is 2.98. The quantitative estimate of drug-likeness (QED) is 0.340. The molecule has 2 aromatic carbocycles. The van der Waals surface area contributed by atoms with Crippen LogP contribution in [0.4, 0.5) is 5.69 Å². The third-order valence-electron chi connectivity index (χ3n) is 5.84. The molecule has 0 unspecified atom stereocenters. The lowest BCUT2D eigenvalue weighted by Crippen LogP contribution is -2.34. The number of aryl methyl sites for hydroxylation is 2. The fourth-order valence-corrected chi connectivity index (χ4v) is 5.91. The van der Waals surface area contributed by atoms with Gasteiger partial charge in [-0.15, -0.1) is 11.3 Å². The molecule has 0 saturated carbocycles. The first-order valence-corrected chi connectivity index (χ1v) is 10.2. The lowest BCUT2D eigenvalue weighted by molar-refractivity contribution is 0.637. The number of aromatic nitrogens is 1. The van der Waals surface area contributed by atoms with Crippen molar-refractivity contribution in [3.05, 3.63) is 57.7 Å². The predicted octanol–water partition coefficient (Wildman–Crippen LogP) is 4.61. The SMILES string of the molecule is O=c1cc2sc3c4c5c(cc3nc-2c2ccccc12)CCCN5CCC4. The first kappa shape index (κ1) is 14.7. The fraction of sp³-hybridized carbons (Fsp3) is 0.273. The molecule has 4 heteroatoms. The van der Waals surface area contributed by atoms with Crippen molar-refractivity contribution in [2.24, 2.45) is 0 Å². The van der Waals surface area contributed by atoms with Gasteiger partial charge in [-0.25, -0.2) is 4.98 Å². The summed E-state index contributed by atoms with van der Waals surface area (Å²) < 4.78 is 1.28. The maximum Gasteiger partial charge on any atom is 0.188 e. The summed E-state index contributed by atoms with van der Waals surface area (Å²) in [4.78, 5) is 21.2. The Morgan fingerprint density at radius 3 is 2.69 bits per heavy atom. The van der Waals surface area contributed by atoms with E-state index >= 15 is 0 Å². The molecule has 128 valence electrons. The van der Waals surface area contributed by atoms with Gasteiger partial charge in [0.2, 0.25) is 0 Å². The van der Waals surface area contributed by atoms with Crippen molar-refractivity contribution in [1.29, 1.82) is 0 Å². The van der Waals surface area contributed by atoms with Crippen LogP contribution in [0.5, 0.6) is 0 Å². The third-order valence-corrected chi connectivity index (χ3v) is 7.03. The number of hydrogen-bond donors (Lipinski definition) is 0. The standard InChI is InChI=1S/C22H18N2OS/c25-18-12-19-20(15-7-2-1-6-14(15)18)23-17-11-13-5-3-9-24-10-4-8-16(21(13)24)22(17)26-19/h1-2,6-7,11-12H,3-5,8-10H2. The monoisotopic (exact) mass is 358 g/mol. The van der Waals surface area contributed by atoms with Gasteiger partial charge in [0.25, 0.3) is 0 Å². The molecule has 0 aromatic heterocycles. The summed E-state index contributed by atoms with van der Waals surface area (Å²) >= 11 is 1.75. The van der Waals surface area contributed by atoms with Crippen LogP contribution in [0.3, 0.4) is 0 Å². The van der Waals surface area contributed by atoms with Crippen LogP contribution in [0.25, 0.3) is 31.6 Å². The molecule has 3 heterocycles. The second-order valence-electron chi connectivity index (χ2n) is 7.39. The van der Waals surface area contributed by atoms with Crippen LogP contribution in [0.2, 0.25) is 0 Å². The minimum absolute atomic E-state index is 0.0960. The van der Waals surface area contributed by atoms with Gasteiger partial charge >= 0.3 is 0 Å². The molecule has 0 N–H and O–H groups in total. The van der Waals surface area contributed by atoms with Crippen molar-refractivity contribution < 1.29 is 0 Å². The summed E-state index contributed by atoms with van der Waals surface area (Å²) in [6, 6.07) is 11.9. The van der Waals surface area contributed by atoms with Crippen molar-refractivity contribution in [3.8, 4) is 10.6 Å². The molecule has 3 nitrogen and oxygen atoms in total. The molecular weight excluding hydrogens is 340 g/mol. The Morgan fingerprint density at radius 2 is 1.81 bits per heavy atom. The Hall–Kier alpha value is -2.46. The number of benzene rings is 3. The number of fused-ring (bicyclic) bond motifs is 5. The summed E-state index contributed by atoms with van der Waals surface area (Å²) in [6.07, 6.45) is 4.72. The minimum atomic E-state index is 0.0960. The summed E-state index contributed by atoms with van der Waals surface area (Å²) in [5.74, 6) is 0. The normalized spacial score (nSPS) is 16.4. The molecule has 0 atom stereocenters. The highest BCUT2D eigenvalue weighted by atomic mass is 32.1. The van der Waals surface area contributed by atoms with Crippen LogP contribution < -0.4 is 10.3 Å². The van der Waals surface area contributed by atoms with Gasteiger partial charge in [-0.05, 0) is 42.9 Å². The first-order valence-electron chi connectivity index (χ1n) is 9.35. The smallest absolute Gasteiger partial charge is 0.188 e. The van der Waals surface area contributed by atoms with Crippen molar-refractivity contribution >= 4 is 38.0 Å². The number of anilines is 1. The van der Waals surface area contributed by atoms with Gasteiger partial charge in [-0.3, -0.25) is 4.79 Å². The molecule has 1 aliphatic carbocycles. The fourth-order valence-electron chi connectivity index (χ4n) is 4.74. The summed E-state index contributed by atoms with van der Waals surface area (Å²) in [6.45, 7) is 2.35. The van der Waals surface area contributed by atoms with E-state index in [0.717, 1.165) is 39.7 Å². The van der Waals surface area contributed by atoms with Crippen LogP contribution in [0.1, 0.15) is 24.0 Å². The molecule has 3 aliphatic heterocycles. The summed E-state index contributed by atoms with van der Waals surface area (Å²) in [7, 11) is 0. The third kappa shape index (κ3) is 1.93. The Labute approximate surface area is 155 Å². The van der Waals surface area contributed by atoms with E-state index < -0.39 is 0 Å². The number of rotatable bonds is 0. The minimum Gasteiger partial charge on any atom is -0.371 e. The molecule has 0 bridgehead atoms. The van der Waals surface area contributed by atoms with Gasteiger partial charge < -0.3 is 4.90 Å². The zero-order valence-corrected chi connectivity index (χ0v) is 15.2. The van der Waals surface area contributed by atoms with Crippen LogP contribution >= 0.6 is 11.3 Å². The maximum absolute atomic E-state index is 12.5. The molecule has 2 aromatic rings. The Bertz CT molecular complexity index is 1220. The van der Waals surface area contributed by atoms with Gasteiger partial charge in [-0.2, -0.15) is 0 Å². The second kappa shape index (κ2) is 5.27. The molecule has 0 spiro atoms.